The van der Waals surface area contributed by atoms with Gasteiger partial charge in [0, 0.05) is 12.5 Å². The summed E-state index contributed by atoms with van der Waals surface area (Å²) in [6.45, 7) is 3.88. The van der Waals surface area contributed by atoms with Gasteiger partial charge in [0.05, 0.1) is 17.0 Å². The molecule has 1 aliphatic rings. The van der Waals surface area contributed by atoms with Gasteiger partial charge in [-0.25, -0.2) is 4.79 Å². The maximum absolute atomic E-state index is 11.3. The van der Waals surface area contributed by atoms with Gasteiger partial charge >= 0.3 is 5.97 Å². The molecule has 1 fully saturated rings. The quantitative estimate of drug-likeness (QED) is 0.725. The van der Waals surface area contributed by atoms with Gasteiger partial charge in [0.25, 0.3) is 0 Å². The molecule has 0 aliphatic heterocycles. The van der Waals surface area contributed by atoms with Crippen molar-refractivity contribution >= 4 is 5.97 Å². The Morgan fingerprint density at radius 1 is 1.24 bits per heavy atom. The second kappa shape index (κ2) is 8.26. The molecule has 0 bridgehead atoms. The molecule has 1 saturated carbocycles. The number of nitrogens with one attached hydrogen (secondary N) is 1. The first-order chi connectivity index (χ1) is 12.1. The SMILES string of the molecule is C[C@@H](CCc1ccccc1)CNCc1ccc(C(=O)O)c(C2CC2)n1. The van der Waals surface area contributed by atoms with Gasteiger partial charge < -0.3 is 10.4 Å². The van der Waals surface area contributed by atoms with Crippen LogP contribution in [0.1, 0.15) is 59.4 Å². The molecule has 4 heteroatoms. The molecule has 0 radical (unpaired) electrons. The molecule has 2 aromatic rings. The molecule has 2 N–H and O–H groups in total. The summed E-state index contributed by atoms with van der Waals surface area (Å²) in [7, 11) is 0. The van der Waals surface area contributed by atoms with Crippen molar-refractivity contribution in [1.82, 2.24) is 10.3 Å². The highest BCUT2D eigenvalue weighted by Crippen LogP contribution is 2.40. The number of pyridine rings is 1. The van der Waals surface area contributed by atoms with Gasteiger partial charge in [-0.2, -0.15) is 0 Å². The minimum Gasteiger partial charge on any atom is -0.478 e. The van der Waals surface area contributed by atoms with E-state index < -0.39 is 5.97 Å². The molecular formula is C21H26N2O2. The Labute approximate surface area is 149 Å². The Hall–Kier alpha value is -2.20. The molecule has 1 heterocycles. The highest BCUT2D eigenvalue weighted by molar-refractivity contribution is 5.89. The van der Waals surface area contributed by atoms with Crippen LogP contribution in [-0.2, 0) is 13.0 Å². The standard InChI is InChI=1S/C21H26N2O2/c1-15(7-8-16-5-3-2-4-6-16)13-22-14-18-11-12-19(21(24)25)20(23-18)17-9-10-17/h2-6,11-12,15,17,22H,7-10,13-14H2,1H3,(H,24,25)/t15-/m0/s1. The molecule has 0 amide bonds. The number of aryl methyl sites for hydroxylation is 1. The van der Waals surface area contributed by atoms with Crippen LogP contribution in [0.15, 0.2) is 42.5 Å². The highest BCUT2D eigenvalue weighted by atomic mass is 16.4. The van der Waals surface area contributed by atoms with E-state index in [-0.39, 0.29) is 0 Å². The van der Waals surface area contributed by atoms with Crippen LogP contribution in [0.25, 0.3) is 0 Å². The topological polar surface area (TPSA) is 62.2 Å². The van der Waals surface area contributed by atoms with E-state index in [0.717, 1.165) is 43.6 Å². The zero-order valence-corrected chi connectivity index (χ0v) is 14.7. The van der Waals surface area contributed by atoms with E-state index in [1.54, 1.807) is 6.07 Å². The molecule has 132 valence electrons. The van der Waals surface area contributed by atoms with Crippen molar-refractivity contribution in [2.45, 2.75) is 45.1 Å². The minimum atomic E-state index is -0.872. The van der Waals surface area contributed by atoms with Crippen LogP contribution in [-0.4, -0.2) is 22.6 Å². The largest absolute Gasteiger partial charge is 0.478 e. The van der Waals surface area contributed by atoms with Gasteiger partial charge in [-0.3, -0.25) is 4.98 Å². The molecular weight excluding hydrogens is 312 g/mol. The summed E-state index contributed by atoms with van der Waals surface area (Å²) in [5.41, 5.74) is 3.45. The zero-order chi connectivity index (χ0) is 17.6. The number of carboxylic acids is 1. The zero-order valence-electron chi connectivity index (χ0n) is 14.7. The number of hydrogen-bond donors (Lipinski definition) is 2. The second-order valence-electron chi connectivity index (χ2n) is 7.08. The third-order valence-corrected chi connectivity index (χ3v) is 4.74. The summed E-state index contributed by atoms with van der Waals surface area (Å²) in [6, 6.07) is 14.1. The van der Waals surface area contributed by atoms with Crippen LogP contribution in [0, 0.1) is 5.92 Å². The van der Waals surface area contributed by atoms with E-state index in [4.69, 9.17) is 0 Å². The summed E-state index contributed by atoms with van der Waals surface area (Å²) in [5.74, 6) is 0.0562. The second-order valence-corrected chi connectivity index (χ2v) is 7.08. The van der Waals surface area contributed by atoms with Crippen molar-refractivity contribution in [1.29, 1.82) is 0 Å². The van der Waals surface area contributed by atoms with Crippen LogP contribution < -0.4 is 5.32 Å². The Morgan fingerprint density at radius 2 is 2.00 bits per heavy atom. The van der Waals surface area contributed by atoms with E-state index in [1.165, 1.54) is 5.56 Å². The van der Waals surface area contributed by atoms with Crippen LogP contribution in [0.3, 0.4) is 0 Å². The van der Waals surface area contributed by atoms with E-state index in [0.29, 0.717) is 23.9 Å². The molecule has 25 heavy (non-hydrogen) atoms. The van der Waals surface area contributed by atoms with Crippen LogP contribution >= 0.6 is 0 Å². The lowest BCUT2D eigenvalue weighted by Gasteiger charge is -2.13. The maximum Gasteiger partial charge on any atom is 0.337 e. The predicted molar refractivity (Wildman–Crippen MR) is 98.8 cm³/mol. The number of carboxylic acid groups (broad SMARTS) is 1. The van der Waals surface area contributed by atoms with Crippen molar-refractivity contribution in [2.24, 2.45) is 5.92 Å². The first kappa shape index (κ1) is 17.6. The Bertz CT molecular complexity index is 711. The number of rotatable bonds is 9. The third kappa shape index (κ3) is 5.13. The Morgan fingerprint density at radius 3 is 2.68 bits per heavy atom. The fourth-order valence-electron chi connectivity index (χ4n) is 3.07. The number of aromatic carboxylic acids is 1. The van der Waals surface area contributed by atoms with Crippen LogP contribution in [0.5, 0.6) is 0 Å². The molecule has 1 atom stereocenters. The average Bonchev–Trinajstić information content (AvgIpc) is 3.46. The molecule has 0 saturated heterocycles. The number of aromatic nitrogens is 1. The normalized spacial score (nSPS) is 15.1. The maximum atomic E-state index is 11.3. The first-order valence-electron chi connectivity index (χ1n) is 9.11. The van der Waals surface area contributed by atoms with Gasteiger partial charge in [-0.05, 0) is 55.8 Å². The van der Waals surface area contributed by atoms with Gasteiger partial charge in [0.15, 0.2) is 0 Å². The van der Waals surface area contributed by atoms with Gasteiger partial charge in [0.2, 0.25) is 0 Å². The summed E-state index contributed by atoms with van der Waals surface area (Å²) in [4.78, 5) is 15.9. The van der Waals surface area contributed by atoms with Crippen LogP contribution in [0.4, 0.5) is 0 Å². The smallest absolute Gasteiger partial charge is 0.337 e. The minimum absolute atomic E-state index is 0.343. The van der Waals surface area contributed by atoms with Crippen molar-refractivity contribution in [2.75, 3.05) is 6.54 Å². The van der Waals surface area contributed by atoms with E-state index in [1.807, 2.05) is 12.1 Å². The highest BCUT2D eigenvalue weighted by Gasteiger charge is 2.29. The molecule has 1 aliphatic carbocycles. The van der Waals surface area contributed by atoms with E-state index in [9.17, 15) is 9.90 Å². The fourth-order valence-corrected chi connectivity index (χ4v) is 3.07. The number of hydrogen-bond acceptors (Lipinski definition) is 3. The molecule has 3 rings (SSSR count). The van der Waals surface area contributed by atoms with E-state index in [2.05, 4.69) is 41.5 Å². The first-order valence-corrected chi connectivity index (χ1v) is 9.11. The summed E-state index contributed by atoms with van der Waals surface area (Å²) in [5, 5.41) is 12.7. The Kier molecular flexibility index (Phi) is 5.82. The lowest BCUT2D eigenvalue weighted by Crippen LogP contribution is -2.22. The van der Waals surface area contributed by atoms with Crippen LogP contribution in [0.2, 0.25) is 0 Å². The average molecular weight is 338 g/mol. The number of carbonyl (C=O) groups is 1. The monoisotopic (exact) mass is 338 g/mol. The van der Waals surface area contributed by atoms with E-state index >= 15 is 0 Å². The van der Waals surface area contributed by atoms with Crippen molar-refractivity contribution in [3.63, 3.8) is 0 Å². The number of benzene rings is 1. The van der Waals surface area contributed by atoms with Gasteiger partial charge in [-0.15, -0.1) is 0 Å². The Balaban J connectivity index is 1.47. The lowest BCUT2D eigenvalue weighted by molar-refractivity contribution is 0.0695. The fraction of sp³-hybridized carbons (Fsp3) is 0.429. The van der Waals surface area contributed by atoms with Gasteiger partial charge in [-0.1, -0.05) is 37.3 Å². The summed E-state index contributed by atoms with van der Waals surface area (Å²) >= 11 is 0. The number of nitrogens with zero attached hydrogens (tertiary/aromatic N) is 1. The third-order valence-electron chi connectivity index (χ3n) is 4.74. The van der Waals surface area contributed by atoms with Crippen molar-refractivity contribution in [3.05, 3.63) is 65.0 Å². The molecule has 0 spiro atoms. The van der Waals surface area contributed by atoms with Gasteiger partial charge in [0.1, 0.15) is 0 Å². The van der Waals surface area contributed by atoms with Crippen molar-refractivity contribution < 1.29 is 9.90 Å². The molecule has 1 aromatic heterocycles. The summed E-state index contributed by atoms with van der Waals surface area (Å²) < 4.78 is 0. The lowest BCUT2D eigenvalue weighted by atomic mass is 10.0. The van der Waals surface area contributed by atoms with Crippen molar-refractivity contribution in [3.8, 4) is 0 Å². The predicted octanol–water partition coefficient (Wildman–Crippen LogP) is 4.02. The summed E-state index contributed by atoms with van der Waals surface area (Å²) in [6.07, 6.45) is 4.36. The molecule has 4 nitrogen and oxygen atoms in total. The molecule has 0 unspecified atom stereocenters. The molecule has 1 aromatic carbocycles.